The van der Waals surface area contributed by atoms with Gasteiger partial charge in [0, 0.05) is 26.0 Å². The first-order valence-corrected chi connectivity index (χ1v) is 7.82. The molecule has 0 radical (unpaired) electrons. The van der Waals surface area contributed by atoms with Gasteiger partial charge in [0.1, 0.15) is 5.60 Å². The van der Waals surface area contributed by atoms with E-state index in [9.17, 15) is 9.90 Å². The van der Waals surface area contributed by atoms with Crippen molar-refractivity contribution in [1.82, 2.24) is 5.32 Å². The zero-order valence-electron chi connectivity index (χ0n) is 12.9. The van der Waals surface area contributed by atoms with E-state index in [-0.39, 0.29) is 18.6 Å². The number of ether oxygens (including phenoxy) is 1. The number of amides is 1. The molecule has 1 aliphatic rings. The lowest BCUT2D eigenvalue weighted by Gasteiger charge is -2.26. The number of carbonyl (C=O) groups is 1. The average molecular weight is 286 g/mol. The minimum atomic E-state index is -0.907. The van der Waals surface area contributed by atoms with Crippen molar-refractivity contribution < 1.29 is 14.6 Å². The van der Waals surface area contributed by atoms with Crippen LogP contribution in [-0.4, -0.2) is 42.4 Å². The molecule has 0 aromatic rings. The van der Waals surface area contributed by atoms with Gasteiger partial charge in [-0.25, -0.2) is 0 Å². The van der Waals surface area contributed by atoms with E-state index in [1.807, 2.05) is 6.92 Å². The zero-order valence-corrected chi connectivity index (χ0v) is 12.9. The van der Waals surface area contributed by atoms with Crippen molar-refractivity contribution in [2.24, 2.45) is 11.7 Å². The molecule has 0 saturated carbocycles. The highest BCUT2D eigenvalue weighted by Gasteiger charge is 2.39. The fraction of sp³-hybridized carbons (Fsp3) is 0.933. The molecule has 1 amide bonds. The van der Waals surface area contributed by atoms with Gasteiger partial charge in [0.25, 0.3) is 0 Å². The summed E-state index contributed by atoms with van der Waals surface area (Å²) in [6, 6.07) is 0. The van der Waals surface area contributed by atoms with Crippen molar-refractivity contribution in [3.05, 3.63) is 0 Å². The molecule has 0 spiro atoms. The summed E-state index contributed by atoms with van der Waals surface area (Å²) in [5.74, 6) is 0.545. The molecule has 5 heteroatoms. The second kappa shape index (κ2) is 8.60. The Bertz CT molecular complexity index is 293. The predicted molar refractivity (Wildman–Crippen MR) is 79.3 cm³/mol. The summed E-state index contributed by atoms with van der Waals surface area (Å²) in [6.45, 7) is 5.52. The standard InChI is InChI=1S/C15H30N2O3/c1-3-4-13(7-9-16)5-6-14(18)17-11-15(19)8-10-20-12(15)2/h12-13,19H,3-11,16H2,1-2H3,(H,17,18). The maximum Gasteiger partial charge on any atom is 0.220 e. The number of hydrogen-bond acceptors (Lipinski definition) is 4. The molecular weight excluding hydrogens is 256 g/mol. The Morgan fingerprint density at radius 1 is 1.50 bits per heavy atom. The Morgan fingerprint density at radius 3 is 2.80 bits per heavy atom. The fourth-order valence-electron chi connectivity index (χ4n) is 2.76. The Labute approximate surface area is 122 Å². The highest BCUT2D eigenvalue weighted by molar-refractivity contribution is 5.75. The van der Waals surface area contributed by atoms with Crippen LogP contribution in [0, 0.1) is 5.92 Å². The molecule has 20 heavy (non-hydrogen) atoms. The minimum absolute atomic E-state index is 0.00986. The number of aliphatic hydroxyl groups is 1. The Kier molecular flexibility index (Phi) is 7.48. The van der Waals surface area contributed by atoms with Gasteiger partial charge in [-0.05, 0) is 32.2 Å². The lowest BCUT2D eigenvalue weighted by Crippen LogP contribution is -2.47. The lowest BCUT2D eigenvalue weighted by atomic mass is 9.94. The summed E-state index contributed by atoms with van der Waals surface area (Å²) < 4.78 is 5.35. The van der Waals surface area contributed by atoms with E-state index >= 15 is 0 Å². The molecule has 4 N–H and O–H groups in total. The SMILES string of the molecule is CCCC(CCN)CCC(=O)NCC1(O)CCOC1C. The van der Waals surface area contributed by atoms with Crippen molar-refractivity contribution >= 4 is 5.91 Å². The van der Waals surface area contributed by atoms with E-state index in [0.717, 1.165) is 25.7 Å². The van der Waals surface area contributed by atoms with E-state index in [1.165, 1.54) is 0 Å². The first-order chi connectivity index (χ1) is 9.51. The van der Waals surface area contributed by atoms with Crippen molar-refractivity contribution in [2.45, 2.75) is 64.1 Å². The van der Waals surface area contributed by atoms with Crippen LogP contribution in [-0.2, 0) is 9.53 Å². The van der Waals surface area contributed by atoms with Crippen LogP contribution in [0.1, 0.15) is 52.4 Å². The smallest absolute Gasteiger partial charge is 0.220 e. The van der Waals surface area contributed by atoms with E-state index in [0.29, 0.717) is 31.9 Å². The monoisotopic (exact) mass is 286 g/mol. The number of nitrogens with one attached hydrogen (secondary N) is 1. The van der Waals surface area contributed by atoms with Gasteiger partial charge in [0.2, 0.25) is 5.91 Å². The molecule has 118 valence electrons. The summed E-state index contributed by atoms with van der Waals surface area (Å²) in [5.41, 5.74) is 4.69. The minimum Gasteiger partial charge on any atom is -0.385 e. The van der Waals surface area contributed by atoms with Crippen LogP contribution in [0.2, 0.25) is 0 Å². The van der Waals surface area contributed by atoms with Gasteiger partial charge < -0.3 is 20.9 Å². The molecule has 3 unspecified atom stereocenters. The van der Waals surface area contributed by atoms with Crippen LogP contribution < -0.4 is 11.1 Å². The molecule has 0 aromatic heterocycles. The Morgan fingerprint density at radius 2 is 2.25 bits per heavy atom. The van der Waals surface area contributed by atoms with Gasteiger partial charge in [0.15, 0.2) is 0 Å². The van der Waals surface area contributed by atoms with E-state index in [2.05, 4.69) is 12.2 Å². The molecule has 1 fully saturated rings. The van der Waals surface area contributed by atoms with Gasteiger partial charge in [-0.1, -0.05) is 19.8 Å². The molecular formula is C15H30N2O3. The summed E-state index contributed by atoms with van der Waals surface area (Å²) in [7, 11) is 0. The number of carbonyl (C=O) groups excluding carboxylic acids is 1. The van der Waals surface area contributed by atoms with Crippen LogP contribution in [0.5, 0.6) is 0 Å². The molecule has 0 aromatic carbocycles. The van der Waals surface area contributed by atoms with Gasteiger partial charge >= 0.3 is 0 Å². The lowest BCUT2D eigenvalue weighted by molar-refractivity contribution is -0.123. The fourth-order valence-corrected chi connectivity index (χ4v) is 2.76. The third-order valence-electron chi connectivity index (χ3n) is 4.30. The Hall–Kier alpha value is -0.650. The van der Waals surface area contributed by atoms with Crippen LogP contribution >= 0.6 is 0 Å². The molecule has 1 aliphatic heterocycles. The van der Waals surface area contributed by atoms with Crippen LogP contribution in [0.3, 0.4) is 0 Å². The van der Waals surface area contributed by atoms with E-state index < -0.39 is 5.60 Å². The second-order valence-corrected chi connectivity index (χ2v) is 5.91. The molecule has 1 rings (SSSR count). The zero-order chi connectivity index (χ0) is 15.0. The van der Waals surface area contributed by atoms with E-state index in [1.54, 1.807) is 0 Å². The van der Waals surface area contributed by atoms with Crippen LogP contribution in [0.15, 0.2) is 0 Å². The Balaban J connectivity index is 2.25. The molecule has 3 atom stereocenters. The topological polar surface area (TPSA) is 84.6 Å². The van der Waals surface area contributed by atoms with Gasteiger partial charge in [-0.15, -0.1) is 0 Å². The molecule has 1 heterocycles. The highest BCUT2D eigenvalue weighted by Crippen LogP contribution is 2.24. The van der Waals surface area contributed by atoms with Crippen molar-refractivity contribution in [1.29, 1.82) is 0 Å². The van der Waals surface area contributed by atoms with Crippen molar-refractivity contribution in [3.63, 3.8) is 0 Å². The summed E-state index contributed by atoms with van der Waals surface area (Å²) in [5, 5.41) is 13.1. The van der Waals surface area contributed by atoms with Crippen LogP contribution in [0.4, 0.5) is 0 Å². The van der Waals surface area contributed by atoms with Gasteiger partial charge in [0.05, 0.1) is 6.10 Å². The second-order valence-electron chi connectivity index (χ2n) is 5.91. The number of rotatable bonds is 9. The number of nitrogens with two attached hydrogens (primary N) is 1. The summed E-state index contributed by atoms with van der Waals surface area (Å²) >= 11 is 0. The largest absolute Gasteiger partial charge is 0.385 e. The van der Waals surface area contributed by atoms with Crippen molar-refractivity contribution in [3.8, 4) is 0 Å². The van der Waals surface area contributed by atoms with Crippen LogP contribution in [0.25, 0.3) is 0 Å². The third kappa shape index (κ3) is 5.38. The highest BCUT2D eigenvalue weighted by atomic mass is 16.5. The van der Waals surface area contributed by atoms with Crippen molar-refractivity contribution in [2.75, 3.05) is 19.7 Å². The maximum absolute atomic E-state index is 11.9. The first kappa shape index (κ1) is 17.4. The number of hydrogen-bond donors (Lipinski definition) is 3. The van der Waals surface area contributed by atoms with Gasteiger partial charge in [-0.2, -0.15) is 0 Å². The molecule has 5 nitrogen and oxygen atoms in total. The average Bonchev–Trinajstić information content (AvgIpc) is 2.75. The normalized spacial score (nSPS) is 27.5. The summed E-state index contributed by atoms with van der Waals surface area (Å²) in [4.78, 5) is 11.9. The quantitative estimate of drug-likeness (QED) is 0.594. The maximum atomic E-state index is 11.9. The third-order valence-corrected chi connectivity index (χ3v) is 4.30. The molecule has 0 aliphatic carbocycles. The van der Waals surface area contributed by atoms with E-state index in [4.69, 9.17) is 10.5 Å². The first-order valence-electron chi connectivity index (χ1n) is 7.82. The molecule has 0 bridgehead atoms. The molecule has 1 saturated heterocycles. The summed E-state index contributed by atoms with van der Waals surface area (Å²) in [6.07, 6.45) is 4.99. The van der Waals surface area contributed by atoms with Gasteiger partial charge in [-0.3, -0.25) is 4.79 Å². The predicted octanol–water partition coefficient (Wildman–Crippen LogP) is 1.19.